The number of piperazine rings is 1. The van der Waals surface area contributed by atoms with Gasteiger partial charge in [0.05, 0.1) is 6.10 Å². The Morgan fingerprint density at radius 2 is 1.90 bits per heavy atom. The number of hydrogen-bond acceptors (Lipinski definition) is 4. The maximum Gasteiger partial charge on any atom is 0.0589 e. The molecule has 4 heteroatoms. The van der Waals surface area contributed by atoms with Gasteiger partial charge < -0.3 is 15.0 Å². The molecule has 124 valence electrons. The molecule has 2 unspecified atom stereocenters. The Hall–Kier alpha value is -0.160. The number of nitrogens with zero attached hydrogens (tertiary/aromatic N) is 2. The van der Waals surface area contributed by atoms with E-state index in [0.717, 1.165) is 13.2 Å². The highest BCUT2D eigenvalue weighted by molar-refractivity contribution is 4.89. The van der Waals surface area contributed by atoms with E-state index in [1.54, 1.807) is 0 Å². The normalized spacial score (nSPS) is 29.7. The van der Waals surface area contributed by atoms with Gasteiger partial charge in [-0.3, -0.25) is 4.90 Å². The average molecular weight is 297 g/mol. The SMILES string of the molecule is CCCC1CC(NCC(C)(C)N2CCN(C)CC2)CCO1. The van der Waals surface area contributed by atoms with Crippen molar-refractivity contribution in [1.29, 1.82) is 0 Å². The Kier molecular flexibility index (Phi) is 6.48. The second-order valence-corrected chi connectivity index (χ2v) is 7.49. The van der Waals surface area contributed by atoms with E-state index in [-0.39, 0.29) is 5.54 Å². The summed E-state index contributed by atoms with van der Waals surface area (Å²) in [5.41, 5.74) is 0.250. The number of nitrogens with one attached hydrogen (secondary N) is 1. The molecule has 0 aromatic carbocycles. The van der Waals surface area contributed by atoms with Gasteiger partial charge in [0.2, 0.25) is 0 Å². The Bertz CT molecular complexity index is 298. The van der Waals surface area contributed by atoms with Crippen molar-refractivity contribution in [2.24, 2.45) is 0 Å². The van der Waals surface area contributed by atoms with Crippen LogP contribution >= 0.6 is 0 Å². The van der Waals surface area contributed by atoms with Crippen molar-refractivity contribution in [2.75, 3.05) is 46.4 Å². The van der Waals surface area contributed by atoms with Gasteiger partial charge in [-0.15, -0.1) is 0 Å². The summed E-state index contributed by atoms with van der Waals surface area (Å²) in [5, 5.41) is 3.82. The number of hydrogen-bond donors (Lipinski definition) is 1. The fourth-order valence-electron chi connectivity index (χ4n) is 3.51. The first kappa shape index (κ1) is 17.2. The molecule has 2 heterocycles. The zero-order valence-corrected chi connectivity index (χ0v) is 14.5. The molecule has 2 fully saturated rings. The lowest BCUT2D eigenvalue weighted by Gasteiger charge is -2.44. The van der Waals surface area contributed by atoms with Crippen LogP contribution in [-0.4, -0.2) is 73.9 Å². The van der Waals surface area contributed by atoms with Crippen LogP contribution in [-0.2, 0) is 4.74 Å². The molecule has 1 N–H and O–H groups in total. The van der Waals surface area contributed by atoms with Crippen LogP contribution in [0.2, 0.25) is 0 Å². The van der Waals surface area contributed by atoms with Crippen LogP contribution in [0.5, 0.6) is 0 Å². The molecule has 0 bridgehead atoms. The highest BCUT2D eigenvalue weighted by Crippen LogP contribution is 2.20. The zero-order valence-electron chi connectivity index (χ0n) is 14.5. The largest absolute Gasteiger partial charge is 0.378 e. The van der Waals surface area contributed by atoms with Crippen molar-refractivity contribution < 1.29 is 4.74 Å². The van der Waals surface area contributed by atoms with Crippen molar-refractivity contribution in [3.8, 4) is 0 Å². The molecule has 2 atom stereocenters. The van der Waals surface area contributed by atoms with Crippen LogP contribution in [0.3, 0.4) is 0 Å². The zero-order chi connectivity index (χ0) is 15.3. The highest BCUT2D eigenvalue weighted by Gasteiger charge is 2.30. The molecular weight excluding hydrogens is 262 g/mol. The van der Waals surface area contributed by atoms with Crippen molar-refractivity contribution in [3.63, 3.8) is 0 Å². The molecule has 0 spiro atoms. The first-order chi connectivity index (χ1) is 10.0. The third-order valence-electron chi connectivity index (χ3n) is 5.16. The molecule has 0 aliphatic carbocycles. The fraction of sp³-hybridized carbons (Fsp3) is 1.00. The standard InChI is InChI=1S/C17H35N3O/c1-5-6-16-13-15(7-12-21-16)18-14-17(2,3)20-10-8-19(4)9-11-20/h15-16,18H,5-14H2,1-4H3. The highest BCUT2D eigenvalue weighted by atomic mass is 16.5. The quantitative estimate of drug-likeness (QED) is 0.811. The monoisotopic (exact) mass is 297 g/mol. The minimum absolute atomic E-state index is 0.250. The van der Waals surface area contributed by atoms with Crippen molar-refractivity contribution in [1.82, 2.24) is 15.1 Å². The predicted molar refractivity (Wildman–Crippen MR) is 88.8 cm³/mol. The Balaban J connectivity index is 1.75. The lowest BCUT2D eigenvalue weighted by atomic mass is 9.97. The summed E-state index contributed by atoms with van der Waals surface area (Å²) in [7, 11) is 2.22. The number of rotatable bonds is 6. The van der Waals surface area contributed by atoms with E-state index in [2.05, 4.69) is 42.9 Å². The third kappa shape index (κ3) is 5.20. The van der Waals surface area contributed by atoms with E-state index in [4.69, 9.17) is 4.74 Å². The molecule has 21 heavy (non-hydrogen) atoms. The molecule has 0 saturated carbocycles. The fourth-order valence-corrected chi connectivity index (χ4v) is 3.51. The summed E-state index contributed by atoms with van der Waals surface area (Å²) in [4.78, 5) is 5.07. The van der Waals surface area contributed by atoms with Gasteiger partial charge in [-0.2, -0.15) is 0 Å². The maximum atomic E-state index is 5.85. The summed E-state index contributed by atoms with van der Waals surface area (Å²) in [5.74, 6) is 0. The third-order valence-corrected chi connectivity index (χ3v) is 5.16. The van der Waals surface area contributed by atoms with Crippen LogP contribution in [0.1, 0.15) is 46.5 Å². The Morgan fingerprint density at radius 3 is 2.57 bits per heavy atom. The molecule has 2 saturated heterocycles. The van der Waals surface area contributed by atoms with Gasteiger partial charge in [-0.25, -0.2) is 0 Å². The summed E-state index contributed by atoms with van der Waals surface area (Å²) in [6, 6.07) is 0.641. The van der Waals surface area contributed by atoms with Crippen LogP contribution in [0.4, 0.5) is 0 Å². The van der Waals surface area contributed by atoms with Crippen molar-refractivity contribution >= 4 is 0 Å². The molecule has 2 aliphatic heterocycles. The molecule has 0 radical (unpaired) electrons. The van der Waals surface area contributed by atoms with E-state index in [1.807, 2.05) is 0 Å². The maximum absolute atomic E-state index is 5.85. The van der Waals surface area contributed by atoms with Gasteiger partial charge in [0.1, 0.15) is 0 Å². The number of likely N-dealkylation sites (N-methyl/N-ethyl adjacent to an activating group) is 1. The molecule has 4 nitrogen and oxygen atoms in total. The smallest absolute Gasteiger partial charge is 0.0589 e. The topological polar surface area (TPSA) is 27.7 Å². The summed E-state index contributed by atoms with van der Waals surface area (Å²) in [6.45, 7) is 13.8. The van der Waals surface area contributed by atoms with Crippen LogP contribution in [0.15, 0.2) is 0 Å². The average Bonchev–Trinajstić information content (AvgIpc) is 2.47. The van der Waals surface area contributed by atoms with Gasteiger partial charge in [0, 0.05) is 50.9 Å². The van der Waals surface area contributed by atoms with E-state index in [9.17, 15) is 0 Å². The molecule has 0 amide bonds. The first-order valence-corrected chi connectivity index (χ1v) is 8.80. The van der Waals surface area contributed by atoms with Gasteiger partial charge >= 0.3 is 0 Å². The minimum atomic E-state index is 0.250. The summed E-state index contributed by atoms with van der Waals surface area (Å²) in [6.07, 6.45) is 5.27. The predicted octanol–water partition coefficient (Wildman–Crippen LogP) is 1.95. The molecule has 0 aromatic heterocycles. The summed E-state index contributed by atoms with van der Waals surface area (Å²) >= 11 is 0. The van der Waals surface area contributed by atoms with E-state index in [1.165, 1.54) is 51.9 Å². The Morgan fingerprint density at radius 1 is 1.19 bits per heavy atom. The van der Waals surface area contributed by atoms with Gasteiger partial charge in [0.15, 0.2) is 0 Å². The second-order valence-electron chi connectivity index (χ2n) is 7.49. The Labute approximate surface area is 131 Å². The minimum Gasteiger partial charge on any atom is -0.378 e. The molecule has 2 rings (SSSR count). The van der Waals surface area contributed by atoms with Crippen molar-refractivity contribution in [2.45, 2.75) is 64.1 Å². The lowest BCUT2D eigenvalue weighted by Crippen LogP contribution is -2.58. The number of ether oxygens (including phenoxy) is 1. The van der Waals surface area contributed by atoms with Crippen molar-refractivity contribution in [3.05, 3.63) is 0 Å². The van der Waals surface area contributed by atoms with Crippen LogP contribution in [0, 0.1) is 0 Å². The van der Waals surface area contributed by atoms with Gasteiger partial charge in [0.25, 0.3) is 0 Å². The first-order valence-electron chi connectivity index (χ1n) is 8.80. The molecule has 2 aliphatic rings. The van der Waals surface area contributed by atoms with Gasteiger partial charge in [-0.05, 0) is 40.2 Å². The van der Waals surface area contributed by atoms with Crippen LogP contribution < -0.4 is 5.32 Å². The lowest BCUT2D eigenvalue weighted by molar-refractivity contribution is -0.00740. The van der Waals surface area contributed by atoms with E-state index in [0.29, 0.717) is 12.1 Å². The van der Waals surface area contributed by atoms with E-state index < -0.39 is 0 Å². The molecule has 0 aromatic rings. The van der Waals surface area contributed by atoms with Gasteiger partial charge in [-0.1, -0.05) is 13.3 Å². The summed E-state index contributed by atoms with van der Waals surface area (Å²) < 4.78 is 5.85. The second kappa shape index (κ2) is 7.91. The molecular formula is C17H35N3O. The van der Waals surface area contributed by atoms with E-state index >= 15 is 0 Å². The van der Waals surface area contributed by atoms with Crippen LogP contribution in [0.25, 0.3) is 0 Å².